The molecule has 0 saturated carbocycles. The zero-order valence-electron chi connectivity index (χ0n) is 12.1. The number of rotatable bonds is 7. The van der Waals surface area contributed by atoms with Crippen LogP contribution >= 0.6 is 0 Å². The van der Waals surface area contributed by atoms with Crippen molar-refractivity contribution < 1.29 is 0 Å². The van der Waals surface area contributed by atoms with E-state index in [9.17, 15) is 0 Å². The van der Waals surface area contributed by atoms with E-state index >= 15 is 0 Å². The highest BCUT2D eigenvalue weighted by Crippen LogP contribution is 2.32. The Morgan fingerprint density at radius 1 is 1.29 bits per heavy atom. The highest BCUT2D eigenvalue weighted by molar-refractivity contribution is 4.90. The molecule has 0 N–H and O–H groups in total. The Morgan fingerprint density at radius 3 is 2.47 bits per heavy atom. The highest BCUT2D eigenvalue weighted by Gasteiger charge is 2.27. The number of nitrogens with zero attached hydrogens (tertiary/aromatic N) is 2. The standard InChI is InChI=1S/C15H28N2/c1-6-14(4)11-15(5,8-7-13(2)3)17-10-9-16-12-17/h9-10,12-14H,6-8,11H2,1-5H3. The van der Waals surface area contributed by atoms with Crippen LogP contribution in [-0.4, -0.2) is 9.55 Å². The normalized spacial score (nSPS) is 17.1. The fraction of sp³-hybridized carbons (Fsp3) is 0.800. The molecular formula is C15H28N2. The van der Waals surface area contributed by atoms with E-state index in [2.05, 4.69) is 50.4 Å². The van der Waals surface area contributed by atoms with Crippen LogP contribution in [0.5, 0.6) is 0 Å². The maximum absolute atomic E-state index is 4.21. The lowest BCUT2D eigenvalue weighted by Gasteiger charge is -2.34. The van der Waals surface area contributed by atoms with Crippen LogP contribution in [0.1, 0.15) is 60.3 Å². The van der Waals surface area contributed by atoms with Gasteiger partial charge in [0, 0.05) is 17.9 Å². The average Bonchev–Trinajstić information content (AvgIpc) is 2.80. The van der Waals surface area contributed by atoms with Gasteiger partial charge in [-0.2, -0.15) is 0 Å². The minimum atomic E-state index is 0.232. The van der Waals surface area contributed by atoms with E-state index < -0.39 is 0 Å². The van der Waals surface area contributed by atoms with Crippen molar-refractivity contribution in [3.8, 4) is 0 Å². The van der Waals surface area contributed by atoms with Crippen LogP contribution in [0.3, 0.4) is 0 Å². The summed E-state index contributed by atoms with van der Waals surface area (Å²) in [4.78, 5) is 4.21. The third-order valence-electron chi connectivity index (χ3n) is 3.87. The van der Waals surface area contributed by atoms with Gasteiger partial charge in [-0.25, -0.2) is 4.98 Å². The van der Waals surface area contributed by atoms with Gasteiger partial charge in [0.25, 0.3) is 0 Å². The molecule has 0 bridgehead atoms. The van der Waals surface area contributed by atoms with Crippen molar-refractivity contribution in [1.29, 1.82) is 0 Å². The van der Waals surface area contributed by atoms with E-state index in [1.54, 1.807) is 0 Å². The first-order chi connectivity index (χ1) is 7.98. The molecule has 0 aromatic carbocycles. The molecule has 2 atom stereocenters. The zero-order valence-corrected chi connectivity index (χ0v) is 12.1. The molecule has 0 aliphatic heterocycles. The lowest BCUT2D eigenvalue weighted by atomic mass is 9.83. The summed E-state index contributed by atoms with van der Waals surface area (Å²) in [7, 11) is 0. The van der Waals surface area contributed by atoms with Crippen LogP contribution in [0.2, 0.25) is 0 Å². The van der Waals surface area contributed by atoms with Crippen molar-refractivity contribution in [3.05, 3.63) is 18.7 Å². The minimum absolute atomic E-state index is 0.232. The largest absolute Gasteiger partial charge is 0.332 e. The molecular weight excluding hydrogens is 208 g/mol. The molecule has 1 aromatic rings. The van der Waals surface area contributed by atoms with Gasteiger partial charge in [0.15, 0.2) is 0 Å². The molecule has 0 saturated heterocycles. The molecule has 1 rings (SSSR count). The molecule has 2 heteroatoms. The highest BCUT2D eigenvalue weighted by atomic mass is 15.1. The van der Waals surface area contributed by atoms with Gasteiger partial charge in [-0.15, -0.1) is 0 Å². The van der Waals surface area contributed by atoms with Crippen molar-refractivity contribution >= 4 is 0 Å². The lowest BCUT2D eigenvalue weighted by molar-refractivity contribution is 0.212. The quantitative estimate of drug-likeness (QED) is 0.683. The third-order valence-corrected chi connectivity index (χ3v) is 3.87. The van der Waals surface area contributed by atoms with E-state index in [0.29, 0.717) is 0 Å². The second kappa shape index (κ2) is 6.23. The molecule has 0 radical (unpaired) electrons. The second-order valence-corrected chi connectivity index (χ2v) is 6.12. The van der Waals surface area contributed by atoms with Crippen molar-refractivity contribution in [2.45, 2.75) is 65.8 Å². The lowest BCUT2D eigenvalue weighted by Crippen LogP contribution is -2.31. The van der Waals surface area contributed by atoms with Gasteiger partial charge < -0.3 is 4.57 Å². The Morgan fingerprint density at radius 2 is 2.00 bits per heavy atom. The van der Waals surface area contributed by atoms with Crippen molar-refractivity contribution in [2.75, 3.05) is 0 Å². The monoisotopic (exact) mass is 236 g/mol. The Balaban J connectivity index is 2.77. The molecule has 1 heterocycles. The van der Waals surface area contributed by atoms with Gasteiger partial charge in [0.05, 0.1) is 6.33 Å². The van der Waals surface area contributed by atoms with E-state index in [1.165, 1.54) is 25.7 Å². The molecule has 0 aliphatic carbocycles. The number of hydrogen-bond acceptors (Lipinski definition) is 1. The van der Waals surface area contributed by atoms with Gasteiger partial charge in [-0.05, 0) is 38.0 Å². The first kappa shape index (κ1) is 14.3. The summed E-state index contributed by atoms with van der Waals surface area (Å²) >= 11 is 0. The van der Waals surface area contributed by atoms with Crippen LogP contribution in [0.4, 0.5) is 0 Å². The SMILES string of the molecule is CCC(C)CC(C)(CCC(C)C)n1ccnc1. The first-order valence-corrected chi connectivity index (χ1v) is 6.96. The second-order valence-electron chi connectivity index (χ2n) is 6.12. The van der Waals surface area contributed by atoms with Crippen molar-refractivity contribution in [1.82, 2.24) is 9.55 Å². The average molecular weight is 236 g/mol. The van der Waals surface area contributed by atoms with E-state index in [4.69, 9.17) is 0 Å². The molecule has 98 valence electrons. The van der Waals surface area contributed by atoms with Gasteiger partial charge in [0.2, 0.25) is 0 Å². The minimum Gasteiger partial charge on any atom is -0.332 e. The summed E-state index contributed by atoms with van der Waals surface area (Å²) in [5.74, 6) is 1.55. The summed E-state index contributed by atoms with van der Waals surface area (Å²) < 4.78 is 2.31. The zero-order chi connectivity index (χ0) is 12.9. The van der Waals surface area contributed by atoms with Crippen molar-refractivity contribution in [3.63, 3.8) is 0 Å². The molecule has 0 spiro atoms. The van der Waals surface area contributed by atoms with Gasteiger partial charge in [0.1, 0.15) is 0 Å². The fourth-order valence-corrected chi connectivity index (χ4v) is 2.41. The molecule has 17 heavy (non-hydrogen) atoms. The topological polar surface area (TPSA) is 17.8 Å². The van der Waals surface area contributed by atoms with Crippen LogP contribution < -0.4 is 0 Å². The molecule has 2 nitrogen and oxygen atoms in total. The maximum atomic E-state index is 4.21. The van der Waals surface area contributed by atoms with E-state index in [1.807, 2.05) is 12.5 Å². The Bertz CT molecular complexity index is 303. The maximum Gasteiger partial charge on any atom is 0.0951 e. The summed E-state index contributed by atoms with van der Waals surface area (Å²) in [6, 6.07) is 0. The Kier molecular flexibility index (Phi) is 5.23. The number of imidazole rings is 1. The number of hydrogen-bond donors (Lipinski definition) is 0. The van der Waals surface area contributed by atoms with Gasteiger partial charge in [-0.3, -0.25) is 0 Å². The van der Waals surface area contributed by atoms with Crippen LogP contribution in [-0.2, 0) is 5.54 Å². The van der Waals surface area contributed by atoms with Gasteiger partial charge >= 0.3 is 0 Å². The summed E-state index contributed by atoms with van der Waals surface area (Å²) in [5, 5.41) is 0. The fourth-order valence-electron chi connectivity index (χ4n) is 2.41. The first-order valence-electron chi connectivity index (χ1n) is 6.96. The molecule has 0 aliphatic rings. The van der Waals surface area contributed by atoms with Gasteiger partial charge in [-0.1, -0.05) is 34.1 Å². The molecule has 1 aromatic heterocycles. The summed E-state index contributed by atoms with van der Waals surface area (Å²) in [5.41, 5.74) is 0.232. The predicted molar refractivity (Wildman–Crippen MR) is 74.0 cm³/mol. The molecule has 0 amide bonds. The summed E-state index contributed by atoms with van der Waals surface area (Å²) in [6.45, 7) is 11.6. The third kappa shape index (κ3) is 4.18. The van der Waals surface area contributed by atoms with Crippen LogP contribution in [0, 0.1) is 11.8 Å². The Hall–Kier alpha value is -0.790. The van der Waals surface area contributed by atoms with E-state index in [0.717, 1.165) is 11.8 Å². The van der Waals surface area contributed by atoms with E-state index in [-0.39, 0.29) is 5.54 Å². The summed E-state index contributed by atoms with van der Waals surface area (Å²) in [6.07, 6.45) is 11.0. The molecule has 0 fully saturated rings. The van der Waals surface area contributed by atoms with Crippen LogP contribution in [0.15, 0.2) is 18.7 Å². The number of aromatic nitrogens is 2. The van der Waals surface area contributed by atoms with Crippen molar-refractivity contribution in [2.24, 2.45) is 11.8 Å². The predicted octanol–water partition coefficient (Wildman–Crippen LogP) is 4.47. The smallest absolute Gasteiger partial charge is 0.0951 e. The molecule has 2 unspecified atom stereocenters. The van der Waals surface area contributed by atoms with Crippen LogP contribution in [0.25, 0.3) is 0 Å². The Labute approximate surface area is 106 Å².